The zero-order valence-electron chi connectivity index (χ0n) is 8.41. The molecule has 0 aliphatic carbocycles. The van der Waals surface area contributed by atoms with Gasteiger partial charge in [-0.25, -0.2) is 4.98 Å². The average molecular weight is 292 g/mol. The topological polar surface area (TPSA) is 25.4 Å². The fraction of sp³-hybridized carbons (Fsp3) is 0.500. The van der Waals surface area contributed by atoms with Crippen molar-refractivity contribution in [3.63, 3.8) is 0 Å². The molecule has 1 saturated heterocycles. The molecule has 1 unspecified atom stereocenters. The normalized spacial score (nSPS) is 21.8. The maximum Gasteiger partial charge on any atom is 0.147 e. The summed E-state index contributed by atoms with van der Waals surface area (Å²) in [4.78, 5) is 6.48. The van der Waals surface area contributed by atoms with Crippen molar-refractivity contribution in [2.45, 2.75) is 13.0 Å². The molecule has 3 nitrogen and oxygen atoms in total. The largest absolute Gasteiger partial charge is 0.375 e. The fourth-order valence-electron chi connectivity index (χ4n) is 1.65. The van der Waals surface area contributed by atoms with Gasteiger partial charge in [0.1, 0.15) is 5.82 Å². The van der Waals surface area contributed by atoms with Crippen molar-refractivity contribution < 1.29 is 4.74 Å². The van der Waals surface area contributed by atoms with Crippen LogP contribution in [-0.4, -0.2) is 30.8 Å². The van der Waals surface area contributed by atoms with Crippen LogP contribution in [0.25, 0.3) is 0 Å². The first-order valence-corrected chi connectivity index (χ1v) is 6.01. The molecule has 2 heterocycles. The first kappa shape index (κ1) is 11.2. The smallest absolute Gasteiger partial charge is 0.147 e. The average Bonchev–Trinajstić information content (AvgIpc) is 2.17. The fourth-order valence-corrected chi connectivity index (χ4v) is 2.40. The Kier molecular flexibility index (Phi) is 3.49. The van der Waals surface area contributed by atoms with Gasteiger partial charge in [0.2, 0.25) is 0 Å². The monoisotopic (exact) mass is 290 g/mol. The molecule has 2 rings (SSSR count). The molecule has 0 N–H and O–H groups in total. The Morgan fingerprint density at radius 3 is 3.13 bits per heavy atom. The van der Waals surface area contributed by atoms with Crippen molar-refractivity contribution >= 4 is 33.3 Å². The summed E-state index contributed by atoms with van der Waals surface area (Å²) in [6.45, 7) is 4.47. The van der Waals surface area contributed by atoms with Crippen LogP contribution in [-0.2, 0) is 4.74 Å². The minimum absolute atomic E-state index is 0.236. The number of rotatable bonds is 1. The standard InChI is InChI=1S/C10H12BrClN2O/c1-7-6-14(2-3-15-7)10-9(12)4-8(11)5-13-10/h4-5,7H,2-3,6H2,1H3. The summed E-state index contributed by atoms with van der Waals surface area (Å²) in [5.74, 6) is 0.843. The molecule has 1 aliphatic heterocycles. The highest BCUT2D eigenvalue weighted by Gasteiger charge is 2.19. The van der Waals surface area contributed by atoms with Gasteiger partial charge < -0.3 is 9.64 Å². The van der Waals surface area contributed by atoms with Gasteiger partial charge in [-0.2, -0.15) is 0 Å². The molecule has 1 aliphatic rings. The van der Waals surface area contributed by atoms with Gasteiger partial charge in [-0.15, -0.1) is 0 Å². The third-order valence-corrected chi connectivity index (χ3v) is 3.04. The summed E-state index contributed by atoms with van der Waals surface area (Å²) in [7, 11) is 0. The van der Waals surface area contributed by atoms with E-state index in [0.29, 0.717) is 5.02 Å². The second-order valence-electron chi connectivity index (χ2n) is 3.59. The summed E-state index contributed by atoms with van der Waals surface area (Å²) < 4.78 is 6.37. The lowest BCUT2D eigenvalue weighted by molar-refractivity contribution is 0.0529. The van der Waals surface area contributed by atoms with Crippen LogP contribution in [0.4, 0.5) is 5.82 Å². The molecular formula is C10H12BrClN2O. The molecule has 1 aromatic heterocycles. The number of hydrogen-bond acceptors (Lipinski definition) is 3. The highest BCUT2D eigenvalue weighted by Crippen LogP contribution is 2.27. The van der Waals surface area contributed by atoms with Gasteiger partial charge >= 0.3 is 0 Å². The molecule has 0 bridgehead atoms. The van der Waals surface area contributed by atoms with E-state index in [1.807, 2.05) is 6.07 Å². The maximum atomic E-state index is 6.14. The maximum absolute atomic E-state index is 6.14. The number of morpholine rings is 1. The van der Waals surface area contributed by atoms with Gasteiger partial charge in [-0.1, -0.05) is 11.6 Å². The van der Waals surface area contributed by atoms with Crippen molar-refractivity contribution in [1.29, 1.82) is 0 Å². The number of nitrogens with zero attached hydrogens (tertiary/aromatic N) is 2. The van der Waals surface area contributed by atoms with E-state index in [-0.39, 0.29) is 6.10 Å². The van der Waals surface area contributed by atoms with E-state index in [1.54, 1.807) is 6.20 Å². The predicted octanol–water partition coefficient (Wildman–Crippen LogP) is 2.72. The van der Waals surface area contributed by atoms with Crippen molar-refractivity contribution in [2.75, 3.05) is 24.6 Å². The molecule has 0 saturated carbocycles. The molecule has 82 valence electrons. The van der Waals surface area contributed by atoms with E-state index in [9.17, 15) is 0 Å². The van der Waals surface area contributed by atoms with E-state index in [0.717, 1.165) is 30.0 Å². The van der Waals surface area contributed by atoms with Gasteiger partial charge in [0.25, 0.3) is 0 Å². The van der Waals surface area contributed by atoms with Crippen molar-refractivity contribution in [3.8, 4) is 0 Å². The van der Waals surface area contributed by atoms with Gasteiger partial charge in [-0.05, 0) is 28.9 Å². The number of anilines is 1. The van der Waals surface area contributed by atoms with E-state index in [4.69, 9.17) is 16.3 Å². The highest BCUT2D eigenvalue weighted by molar-refractivity contribution is 9.10. The molecule has 0 aromatic carbocycles. The Morgan fingerprint density at radius 1 is 1.67 bits per heavy atom. The van der Waals surface area contributed by atoms with Crippen LogP contribution < -0.4 is 4.90 Å². The summed E-state index contributed by atoms with van der Waals surface area (Å²) in [6, 6.07) is 1.87. The van der Waals surface area contributed by atoms with Crippen LogP contribution in [0.5, 0.6) is 0 Å². The van der Waals surface area contributed by atoms with Crippen LogP contribution in [0.1, 0.15) is 6.92 Å². The third-order valence-electron chi connectivity index (χ3n) is 2.33. The summed E-state index contributed by atoms with van der Waals surface area (Å²) in [5, 5.41) is 0.679. The van der Waals surface area contributed by atoms with E-state index >= 15 is 0 Å². The van der Waals surface area contributed by atoms with Gasteiger partial charge in [-0.3, -0.25) is 0 Å². The lowest BCUT2D eigenvalue weighted by Crippen LogP contribution is -2.41. The number of aromatic nitrogens is 1. The molecular weight excluding hydrogens is 279 g/mol. The zero-order valence-corrected chi connectivity index (χ0v) is 10.8. The number of ether oxygens (including phenoxy) is 1. The minimum atomic E-state index is 0.236. The van der Waals surface area contributed by atoms with Crippen LogP contribution in [0.2, 0.25) is 5.02 Å². The van der Waals surface area contributed by atoms with E-state index in [1.165, 1.54) is 0 Å². The summed E-state index contributed by atoms with van der Waals surface area (Å²) in [5.41, 5.74) is 0. The van der Waals surface area contributed by atoms with Crippen LogP contribution in [0.3, 0.4) is 0 Å². The molecule has 0 spiro atoms. The Bertz CT molecular complexity index is 361. The lowest BCUT2D eigenvalue weighted by atomic mass is 10.3. The van der Waals surface area contributed by atoms with Gasteiger partial charge in [0.05, 0.1) is 17.7 Å². The second-order valence-corrected chi connectivity index (χ2v) is 4.91. The quantitative estimate of drug-likeness (QED) is 0.795. The SMILES string of the molecule is CC1CN(c2ncc(Br)cc2Cl)CCO1. The van der Waals surface area contributed by atoms with Gasteiger partial charge in [0, 0.05) is 23.8 Å². The van der Waals surface area contributed by atoms with Crippen LogP contribution in [0.15, 0.2) is 16.7 Å². The van der Waals surface area contributed by atoms with Crippen molar-refractivity contribution in [2.24, 2.45) is 0 Å². The Labute approximate surface area is 103 Å². The number of halogens is 2. The number of pyridine rings is 1. The molecule has 0 radical (unpaired) electrons. The number of hydrogen-bond donors (Lipinski definition) is 0. The van der Waals surface area contributed by atoms with Gasteiger partial charge in [0.15, 0.2) is 0 Å². The Hall–Kier alpha value is -0.320. The van der Waals surface area contributed by atoms with Crippen molar-refractivity contribution in [3.05, 3.63) is 21.8 Å². The summed E-state index contributed by atoms with van der Waals surface area (Å²) >= 11 is 9.48. The Morgan fingerprint density at radius 2 is 2.47 bits per heavy atom. The van der Waals surface area contributed by atoms with E-state index in [2.05, 4.69) is 32.7 Å². The molecule has 15 heavy (non-hydrogen) atoms. The lowest BCUT2D eigenvalue weighted by Gasteiger charge is -2.32. The minimum Gasteiger partial charge on any atom is -0.375 e. The zero-order chi connectivity index (χ0) is 10.8. The first-order valence-electron chi connectivity index (χ1n) is 4.84. The molecule has 1 aromatic rings. The molecule has 5 heteroatoms. The Balaban J connectivity index is 2.21. The van der Waals surface area contributed by atoms with Crippen molar-refractivity contribution in [1.82, 2.24) is 4.98 Å². The second kappa shape index (κ2) is 4.68. The van der Waals surface area contributed by atoms with E-state index < -0.39 is 0 Å². The highest BCUT2D eigenvalue weighted by atomic mass is 79.9. The molecule has 1 fully saturated rings. The summed E-state index contributed by atoms with van der Waals surface area (Å²) in [6.07, 6.45) is 2.00. The van der Waals surface area contributed by atoms with Crippen LogP contribution >= 0.6 is 27.5 Å². The third kappa shape index (κ3) is 2.62. The van der Waals surface area contributed by atoms with Crippen LogP contribution in [0, 0.1) is 0 Å². The molecule has 1 atom stereocenters. The predicted molar refractivity (Wildman–Crippen MR) is 64.6 cm³/mol. The molecule has 0 amide bonds. The first-order chi connectivity index (χ1) is 7.16.